The molecule has 164 valence electrons. The molecular weight excluding hydrogens is 465 g/mol. The zero-order valence-corrected chi connectivity index (χ0v) is 17.7. The van der Waals surface area contributed by atoms with Gasteiger partial charge in [0, 0.05) is 5.56 Å². The maximum atomic E-state index is 12.7. The predicted octanol–water partition coefficient (Wildman–Crippen LogP) is 5.48. The summed E-state index contributed by atoms with van der Waals surface area (Å²) in [7, 11) is 0. The molecular formula is C21H14ClF3N4O2S. The van der Waals surface area contributed by atoms with Gasteiger partial charge in [-0.25, -0.2) is 4.68 Å². The Kier molecular flexibility index (Phi) is 6.15. The number of para-hydroxylation sites is 1. The van der Waals surface area contributed by atoms with Crippen molar-refractivity contribution in [3.05, 3.63) is 81.8 Å². The second-order valence-electron chi connectivity index (χ2n) is 6.53. The lowest BCUT2D eigenvalue weighted by Gasteiger charge is -2.13. The topological polar surface area (TPSA) is 69.0 Å². The van der Waals surface area contributed by atoms with Crippen molar-refractivity contribution in [1.82, 2.24) is 20.3 Å². The number of halogens is 4. The Balaban J connectivity index is 1.45. The minimum atomic E-state index is -4.78. The standard InChI is InChI=1S/C21H14ClF3N4O2S/c22-19-10-9-18(32-19)20(30)26-11-14-12-29(28-27-14)15-7-5-13(6-8-15)16-3-1-2-4-17(16)31-21(23,24)25/h1-10,12H,11H2,(H,26,30). The van der Waals surface area contributed by atoms with Gasteiger partial charge in [0.2, 0.25) is 0 Å². The maximum absolute atomic E-state index is 12.7. The fraction of sp³-hybridized carbons (Fsp3) is 0.0952. The number of carbonyl (C=O) groups is 1. The lowest BCUT2D eigenvalue weighted by Crippen LogP contribution is -2.21. The number of nitrogens with zero attached hydrogens (tertiary/aromatic N) is 3. The molecule has 0 unspecified atom stereocenters. The fourth-order valence-corrected chi connectivity index (χ4v) is 3.87. The number of hydrogen-bond acceptors (Lipinski definition) is 5. The monoisotopic (exact) mass is 478 g/mol. The molecule has 0 saturated heterocycles. The number of aromatic nitrogens is 3. The summed E-state index contributed by atoms with van der Waals surface area (Å²) in [6.07, 6.45) is -3.13. The van der Waals surface area contributed by atoms with Gasteiger partial charge in [-0.2, -0.15) is 0 Å². The van der Waals surface area contributed by atoms with Crippen molar-refractivity contribution in [1.29, 1.82) is 0 Å². The number of benzene rings is 2. The van der Waals surface area contributed by atoms with Crippen LogP contribution >= 0.6 is 22.9 Å². The summed E-state index contributed by atoms with van der Waals surface area (Å²) in [5.74, 6) is -0.542. The molecule has 0 saturated carbocycles. The Morgan fingerprint density at radius 2 is 1.84 bits per heavy atom. The molecule has 4 aromatic rings. The van der Waals surface area contributed by atoms with E-state index < -0.39 is 6.36 Å². The molecule has 0 radical (unpaired) electrons. The van der Waals surface area contributed by atoms with Crippen LogP contribution < -0.4 is 10.1 Å². The van der Waals surface area contributed by atoms with Gasteiger partial charge >= 0.3 is 6.36 Å². The van der Waals surface area contributed by atoms with Gasteiger partial charge in [0.25, 0.3) is 5.91 Å². The quantitative estimate of drug-likeness (QED) is 0.398. The van der Waals surface area contributed by atoms with Crippen molar-refractivity contribution in [2.45, 2.75) is 12.9 Å². The van der Waals surface area contributed by atoms with Crippen LogP contribution in [0.5, 0.6) is 5.75 Å². The van der Waals surface area contributed by atoms with E-state index in [9.17, 15) is 18.0 Å². The normalized spacial score (nSPS) is 11.4. The highest BCUT2D eigenvalue weighted by Crippen LogP contribution is 2.34. The third-order valence-electron chi connectivity index (χ3n) is 4.32. The lowest BCUT2D eigenvalue weighted by molar-refractivity contribution is -0.274. The summed E-state index contributed by atoms with van der Waals surface area (Å²) in [5, 5.41) is 10.8. The van der Waals surface area contributed by atoms with E-state index in [1.54, 1.807) is 54.7 Å². The number of ether oxygens (including phenoxy) is 1. The molecule has 0 spiro atoms. The van der Waals surface area contributed by atoms with E-state index in [1.165, 1.54) is 28.2 Å². The predicted molar refractivity (Wildman–Crippen MR) is 114 cm³/mol. The van der Waals surface area contributed by atoms with Crippen LogP contribution in [0, 0.1) is 0 Å². The van der Waals surface area contributed by atoms with Gasteiger partial charge < -0.3 is 10.1 Å². The Morgan fingerprint density at radius 3 is 2.53 bits per heavy atom. The molecule has 1 N–H and O–H groups in total. The Labute approximate surface area is 189 Å². The van der Waals surface area contributed by atoms with Crippen molar-refractivity contribution in [2.75, 3.05) is 0 Å². The zero-order valence-electron chi connectivity index (χ0n) is 16.1. The van der Waals surface area contributed by atoms with E-state index in [2.05, 4.69) is 20.4 Å². The van der Waals surface area contributed by atoms with Crippen LogP contribution in [-0.2, 0) is 6.54 Å². The van der Waals surface area contributed by atoms with Crippen molar-refractivity contribution in [2.24, 2.45) is 0 Å². The number of alkyl halides is 3. The van der Waals surface area contributed by atoms with Crippen LogP contribution in [0.4, 0.5) is 13.2 Å². The average Bonchev–Trinajstić information content (AvgIpc) is 3.41. The van der Waals surface area contributed by atoms with Gasteiger partial charge in [0.1, 0.15) is 11.4 Å². The molecule has 0 bridgehead atoms. The zero-order chi connectivity index (χ0) is 22.7. The van der Waals surface area contributed by atoms with Crippen LogP contribution in [0.3, 0.4) is 0 Å². The van der Waals surface area contributed by atoms with Gasteiger partial charge in [-0.15, -0.1) is 29.6 Å². The SMILES string of the molecule is O=C(NCc1cn(-c2ccc(-c3ccccc3OC(F)(F)F)cc2)nn1)c1ccc(Cl)s1. The smallest absolute Gasteiger partial charge is 0.405 e. The third kappa shape index (κ3) is 5.27. The lowest BCUT2D eigenvalue weighted by atomic mass is 10.0. The van der Waals surface area contributed by atoms with Crippen molar-refractivity contribution in [3.63, 3.8) is 0 Å². The molecule has 0 atom stereocenters. The highest BCUT2D eigenvalue weighted by atomic mass is 35.5. The minimum absolute atomic E-state index is 0.175. The minimum Gasteiger partial charge on any atom is -0.405 e. The Bertz CT molecular complexity index is 1240. The van der Waals surface area contributed by atoms with Gasteiger partial charge in [-0.05, 0) is 35.9 Å². The van der Waals surface area contributed by atoms with E-state index in [1.807, 2.05) is 0 Å². The molecule has 2 aromatic carbocycles. The number of amides is 1. The largest absolute Gasteiger partial charge is 0.573 e. The summed E-state index contributed by atoms with van der Waals surface area (Å²) in [4.78, 5) is 12.6. The molecule has 0 aliphatic heterocycles. The first kappa shape index (κ1) is 21.8. The molecule has 2 heterocycles. The molecule has 11 heteroatoms. The summed E-state index contributed by atoms with van der Waals surface area (Å²) in [6.45, 7) is 0.175. The molecule has 6 nitrogen and oxygen atoms in total. The molecule has 1 amide bonds. The molecule has 0 aliphatic carbocycles. The Morgan fingerprint density at radius 1 is 1.09 bits per heavy atom. The van der Waals surface area contributed by atoms with Crippen LogP contribution in [0.15, 0.2) is 66.9 Å². The van der Waals surface area contributed by atoms with Gasteiger partial charge in [-0.3, -0.25) is 4.79 Å². The van der Waals surface area contributed by atoms with Crippen LogP contribution in [0.2, 0.25) is 4.34 Å². The Hall–Kier alpha value is -3.37. The van der Waals surface area contributed by atoms with Crippen molar-refractivity contribution in [3.8, 4) is 22.6 Å². The average molecular weight is 479 g/mol. The first-order valence-corrected chi connectivity index (χ1v) is 10.4. The van der Waals surface area contributed by atoms with E-state index in [-0.39, 0.29) is 18.2 Å². The molecule has 0 aliphatic rings. The van der Waals surface area contributed by atoms with Gasteiger partial charge in [-0.1, -0.05) is 47.1 Å². The number of rotatable bonds is 6. The second-order valence-corrected chi connectivity index (χ2v) is 8.25. The number of carbonyl (C=O) groups excluding carboxylic acids is 1. The number of hydrogen-bond donors (Lipinski definition) is 1. The molecule has 4 rings (SSSR count). The first-order chi connectivity index (χ1) is 15.3. The van der Waals surface area contributed by atoms with E-state index >= 15 is 0 Å². The highest BCUT2D eigenvalue weighted by Gasteiger charge is 2.32. The van der Waals surface area contributed by atoms with Gasteiger partial charge in [0.05, 0.1) is 27.6 Å². The van der Waals surface area contributed by atoms with Crippen molar-refractivity contribution < 1.29 is 22.7 Å². The molecule has 2 aromatic heterocycles. The van der Waals surface area contributed by atoms with Crippen LogP contribution in [-0.4, -0.2) is 27.3 Å². The highest BCUT2D eigenvalue weighted by molar-refractivity contribution is 7.17. The second kappa shape index (κ2) is 9.01. The molecule has 0 fully saturated rings. The van der Waals surface area contributed by atoms with E-state index in [0.717, 1.165) is 0 Å². The summed E-state index contributed by atoms with van der Waals surface area (Å²) in [6, 6.07) is 15.9. The fourth-order valence-electron chi connectivity index (χ4n) is 2.91. The van der Waals surface area contributed by atoms with Crippen LogP contribution in [0.25, 0.3) is 16.8 Å². The van der Waals surface area contributed by atoms with Crippen LogP contribution in [0.1, 0.15) is 15.4 Å². The van der Waals surface area contributed by atoms with Crippen molar-refractivity contribution >= 4 is 28.8 Å². The summed E-state index contributed by atoms with van der Waals surface area (Å²) >= 11 is 7.01. The first-order valence-electron chi connectivity index (χ1n) is 9.19. The third-order valence-corrected chi connectivity index (χ3v) is 5.55. The number of nitrogens with one attached hydrogen (secondary N) is 1. The number of thiophene rings is 1. The summed E-state index contributed by atoms with van der Waals surface area (Å²) in [5.41, 5.74) is 2.05. The summed E-state index contributed by atoms with van der Waals surface area (Å²) < 4.78 is 44.1. The van der Waals surface area contributed by atoms with E-state index in [4.69, 9.17) is 11.6 Å². The van der Waals surface area contributed by atoms with E-state index in [0.29, 0.717) is 31.7 Å². The van der Waals surface area contributed by atoms with Gasteiger partial charge in [0.15, 0.2) is 0 Å². The molecule has 32 heavy (non-hydrogen) atoms. The maximum Gasteiger partial charge on any atom is 0.573 e.